The van der Waals surface area contributed by atoms with Gasteiger partial charge in [-0.3, -0.25) is 19.7 Å². The Morgan fingerprint density at radius 3 is 2.16 bits per heavy atom. The molecule has 164 valence electrons. The van der Waals surface area contributed by atoms with Crippen LogP contribution in [0.1, 0.15) is 28.4 Å². The van der Waals surface area contributed by atoms with Gasteiger partial charge in [-0.05, 0) is 23.8 Å². The van der Waals surface area contributed by atoms with E-state index in [4.69, 9.17) is 0 Å². The van der Waals surface area contributed by atoms with E-state index in [2.05, 4.69) is 16.0 Å². The van der Waals surface area contributed by atoms with E-state index in [1.165, 1.54) is 6.07 Å². The molecule has 0 bridgehead atoms. The molecule has 32 heavy (non-hydrogen) atoms. The van der Waals surface area contributed by atoms with Gasteiger partial charge in [-0.15, -0.1) is 0 Å². The zero-order chi connectivity index (χ0) is 22.8. The van der Waals surface area contributed by atoms with Gasteiger partial charge < -0.3 is 16.0 Å². The molecule has 3 aromatic rings. The maximum Gasteiger partial charge on any atom is 0.292 e. The van der Waals surface area contributed by atoms with Crippen LogP contribution in [0.3, 0.4) is 0 Å². The lowest BCUT2D eigenvalue weighted by Crippen LogP contribution is -2.35. The lowest BCUT2D eigenvalue weighted by molar-refractivity contribution is -0.384. The summed E-state index contributed by atoms with van der Waals surface area (Å²) in [7, 11) is 0. The van der Waals surface area contributed by atoms with Crippen molar-refractivity contribution in [1.29, 1.82) is 0 Å². The van der Waals surface area contributed by atoms with Crippen molar-refractivity contribution in [2.24, 2.45) is 0 Å². The Morgan fingerprint density at radius 1 is 0.844 bits per heavy atom. The lowest BCUT2D eigenvalue weighted by Gasteiger charge is -2.19. The maximum atomic E-state index is 12.6. The monoisotopic (exact) mass is 432 g/mol. The Bertz CT molecular complexity index is 1060. The van der Waals surface area contributed by atoms with Crippen molar-refractivity contribution in [2.45, 2.75) is 12.5 Å². The molecule has 2 amide bonds. The van der Waals surface area contributed by atoms with Crippen molar-refractivity contribution in [2.75, 3.05) is 18.4 Å². The number of nitrogens with zero attached hydrogens (tertiary/aromatic N) is 1. The first-order valence-electron chi connectivity index (χ1n) is 10.2. The van der Waals surface area contributed by atoms with E-state index in [-0.39, 0.29) is 30.5 Å². The molecule has 0 heterocycles. The summed E-state index contributed by atoms with van der Waals surface area (Å²) in [6.07, 6.45) is 0.0636. The zero-order valence-corrected chi connectivity index (χ0v) is 17.4. The zero-order valence-electron chi connectivity index (χ0n) is 17.4. The third-order valence-electron chi connectivity index (χ3n) is 4.80. The number of benzene rings is 3. The van der Waals surface area contributed by atoms with Crippen LogP contribution in [0.4, 0.5) is 11.4 Å². The van der Waals surface area contributed by atoms with Gasteiger partial charge in [-0.1, -0.05) is 60.7 Å². The predicted molar refractivity (Wildman–Crippen MR) is 122 cm³/mol. The molecule has 3 rings (SSSR count). The minimum atomic E-state index is -0.493. The average molecular weight is 432 g/mol. The van der Waals surface area contributed by atoms with Crippen LogP contribution in [0.15, 0.2) is 84.9 Å². The van der Waals surface area contributed by atoms with Crippen LogP contribution in [0.5, 0.6) is 0 Å². The van der Waals surface area contributed by atoms with Gasteiger partial charge in [0, 0.05) is 24.7 Å². The summed E-state index contributed by atoms with van der Waals surface area (Å²) >= 11 is 0. The van der Waals surface area contributed by atoms with Crippen molar-refractivity contribution < 1.29 is 14.5 Å². The maximum absolute atomic E-state index is 12.6. The number of hydrogen-bond donors (Lipinski definition) is 3. The van der Waals surface area contributed by atoms with Crippen molar-refractivity contribution in [3.8, 4) is 0 Å². The van der Waals surface area contributed by atoms with Gasteiger partial charge in [0.15, 0.2) is 0 Å². The number of hydrogen-bond acceptors (Lipinski definition) is 5. The highest BCUT2D eigenvalue weighted by Crippen LogP contribution is 2.22. The van der Waals surface area contributed by atoms with E-state index >= 15 is 0 Å². The highest BCUT2D eigenvalue weighted by atomic mass is 16.6. The van der Waals surface area contributed by atoms with E-state index < -0.39 is 11.0 Å². The molecule has 1 unspecified atom stereocenters. The summed E-state index contributed by atoms with van der Waals surface area (Å²) in [5.74, 6) is -0.498. The molecular weight excluding hydrogens is 408 g/mol. The number of nitro benzene ring substituents is 1. The highest BCUT2D eigenvalue weighted by molar-refractivity contribution is 5.94. The number of para-hydroxylation sites is 2. The molecule has 8 nitrogen and oxygen atoms in total. The lowest BCUT2D eigenvalue weighted by atomic mass is 10.0. The van der Waals surface area contributed by atoms with Gasteiger partial charge in [0.25, 0.3) is 11.6 Å². The molecule has 0 fully saturated rings. The number of amides is 2. The normalized spacial score (nSPS) is 11.2. The van der Waals surface area contributed by atoms with Crippen LogP contribution < -0.4 is 16.0 Å². The van der Waals surface area contributed by atoms with E-state index in [0.717, 1.165) is 5.56 Å². The number of carbonyl (C=O) groups excluding carboxylic acids is 2. The molecule has 8 heteroatoms. The second-order valence-corrected chi connectivity index (χ2v) is 7.06. The van der Waals surface area contributed by atoms with Gasteiger partial charge in [0.05, 0.1) is 17.4 Å². The quantitative estimate of drug-likeness (QED) is 0.257. The number of anilines is 1. The van der Waals surface area contributed by atoms with Crippen LogP contribution in [0.2, 0.25) is 0 Å². The standard InChI is InChI=1S/C24H24N4O4/c29-23(26-16-15-25-20-13-7-8-14-22(20)28(31)32)17-21(18-9-3-1-4-10-18)27-24(30)19-11-5-2-6-12-19/h1-14,21,25H,15-17H2,(H,26,29)(H,27,30). The van der Waals surface area contributed by atoms with Crippen LogP contribution in [0, 0.1) is 10.1 Å². The second kappa shape index (κ2) is 11.3. The SMILES string of the molecule is O=C(CC(NC(=O)c1ccccc1)c1ccccc1)NCCNc1ccccc1[N+](=O)[O-]. The number of nitro groups is 1. The van der Waals surface area contributed by atoms with Crippen molar-refractivity contribution >= 4 is 23.2 Å². The summed E-state index contributed by atoms with van der Waals surface area (Å²) in [6.45, 7) is 0.599. The van der Waals surface area contributed by atoms with Crippen molar-refractivity contribution in [1.82, 2.24) is 10.6 Å². The summed E-state index contributed by atoms with van der Waals surface area (Å²) in [4.78, 5) is 35.8. The highest BCUT2D eigenvalue weighted by Gasteiger charge is 2.19. The smallest absolute Gasteiger partial charge is 0.292 e. The molecule has 0 saturated heterocycles. The largest absolute Gasteiger partial charge is 0.378 e. The van der Waals surface area contributed by atoms with Crippen LogP contribution in [0.25, 0.3) is 0 Å². The minimum Gasteiger partial charge on any atom is -0.378 e. The first-order valence-corrected chi connectivity index (χ1v) is 10.2. The summed E-state index contributed by atoms with van der Waals surface area (Å²) in [5.41, 5.74) is 1.71. The fourth-order valence-corrected chi connectivity index (χ4v) is 3.21. The molecule has 0 saturated carbocycles. The molecule has 0 aliphatic rings. The first-order chi connectivity index (χ1) is 15.5. The van der Waals surface area contributed by atoms with Gasteiger partial charge >= 0.3 is 0 Å². The molecule has 3 aromatic carbocycles. The predicted octanol–water partition coefficient (Wildman–Crippen LogP) is 3.68. The third-order valence-corrected chi connectivity index (χ3v) is 4.80. The molecular formula is C24H24N4O4. The minimum absolute atomic E-state index is 0.0217. The summed E-state index contributed by atoms with van der Waals surface area (Å²) < 4.78 is 0. The van der Waals surface area contributed by atoms with Crippen molar-refractivity contribution in [3.63, 3.8) is 0 Å². The average Bonchev–Trinajstić information content (AvgIpc) is 2.82. The van der Waals surface area contributed by atoms with Crippen LogP contribution in [-0.2, 0) is 4.79 Å². The Morgan fingerprint density at radius 2 is 1.47 bits per heavy atom. The van der Waals surface area contributed by atoms with E-state index in [1.54, 1.807) is 42.5 Å². The van der Waals surface area contributed by atoms with Gasteiger partial charge in [-0.2, -0.15) is 0 Å². The molecule has 0 aliphatic carbocycles. The molecule has 0 aliphatic heterocycles. The number of nitrogens with one attached hydrogen (secondary N) is 3. The van der Waals surface area contributed by atoms with Gasteiger partial charge in [0.2, 0.25) is 5.91 Å². The number of rotatable bonds is 10. The molecule has 0 spiro atoms. The molecule has 0 radical (unpaired) electrons. The number of carbonyl (C=O) groups is 2. The van der Waals surface area contributed by atoms with E-state index in [0.29, 0.717) is 17.8 Å². The Balaban J connectivity index is 1.56. The van der Waals surface area contributed by atoms with E-state index in [9.17, 15) is 19.7 Å². The molecule has 1 atom stereocenters. The van der Waals surface area contributed by atoms with Crippen molar-refractivity contribution in [3.05, 3.63) is 106 Å². The van der Waals surface area contributed by atoms with Crippen LogP contribution in [-0.4, -0.2) is 29.8 Å². The topological polar surface area (TPSA) is 113 Å². The Labute approximate surface area is 185 Å². The molecule has 3 N–H and O–H groups in total. The first kappa shape index (κ1) is 22.5. The van der Waals surface area contributed by atoms with Crippen LogP contribution >= 0.6 is 0 Å². The van der Waals surface area contributed by atoms with Gasteiger partial charge in [-0.25, -0.2) is 0 Å². The second-order valence-electron chi connectivity index (χ2n) is 7.06. The van der Waals surface area contributed by atoms with Gasteiger partial charge in [0.1, 0.15) is 5.69 Å². The molecule has 0 aromatic heterocycles. The fourth-order valence-electron chi connectivity index (χ4n) is 3.21. The summed E-state index contributed by atoms with van der Waals surface area (Å²) in [6, 6.07) is 24.0. The Kier molecular flexibility index (Phi) is 7.91. The summed E-state index contributed by atoms with van der Waals surface area (Å²) in [5, 5.41) is 19.8. The van der Waals surface area contributed by atoms with E-state index in [1.807, 2.05) is 36.4 Å². The Hall–Kier alpha value is -4.20. The fraction of sp³-hybridized carbons (Fsp3) is 0.167. The third kappa shape index (κ3) is 6.40.